The van der Waals surface area contributed by atoms with E-state index in [1.807, 2.05) is 0 Å². The second-order valence-corrected chi connectivity index (χ2v) is 3.58. The first-order valence-electron chi connectivity index (χ1n) is 2.82. The molecule has 0 heterocycles. The molecule has 1 rings (SSSR count). The van der Waals surface area contributed by atoms with E-state index < -0.39 is 0 Å². The van der Waals surface area contributed by atoms with Crippen LogP contribution in [0.4, 0.5) is 0 Å². The van der Waals surface area contributed by atoms with Gasteiger partial charge < -0.3 is 0 Å². The van der Waals surface area contributed by atoms with Crippen LogP contribution in [0.15, 0.2) is 0 Å². The van der Waals surface area contributed by atoms with Gasteiger partial charge in [0.05, 0.1) is 0 Å². The molecule has 1 fully saturated rings. The van der Waals surface area contributed by atoms with Gasteiger partial charge in [-0.1, -0.05) is 6.92 Å². The van der Waals surface area contributed by atoms with E-state index in [-0.39, 0.29) is 4.87 Å². The Bertz CT molecular complexity index is 76.2. The minimum atomic E-state index is 0.153. The van der Waals surface area contributed by atoms with Gasteiger partial charge in [-0.3, -0.25) is 0 Å². The molecular formula is C6H11Cl. The zero-order chi connectivity index (χ0) is 5.49. The van der Waals surface area contributed by atoms with Gasteiger partial charge in [-0.2, -0.15) is 0 Å². The molecule has 0 nitrogen and oxygen atoms in total. The average Bonchev–Trinajstić information content (AvgIpc) is 1.63. The molecule has 0 aromatic rings. The van der Waals surface area contributed by atoms with Crippen molar-refractivity contribution in [3.8, 4) is 0 Å². The number of hydrogen-bond acceptors (Lipinski definition) is 0. The summed E-state index contributed by atoms with van der Waals surface area (Å²) in [5.74, 6) is 0.745. The molecule has 42 valence electrons. The maximum Gasteiger partial charge on any atom is 0.0444 e. The predicted octanol–water partition coefficient (Wildman–Crippen LogP) is 2.41. The Morgan fingerprint density at radius 1 is 1.71 bits per heavy atom. The molecule has 0 spiro atoms. The summed E-state index contributed by atoms with van der Waals surface area (Å²) < 4.78 is 0. The van der Waals surface area contributed by atoms with Crippen LogP contribution in [0.5, 0.6) is 0 Å². The van der Waals surface area contributed by atoms with Gasteiger partial charge in [0.2, 0.25) is 0 Å². The third-order valence-electron chi connectivity index (χ3n) is 2.09. The molecule has 0 radical (unpaired) electrons. The molecule has 1 saturated carbocycles. The number of alkyl halides is 1. The summed E-state index contributed by atoms with van der Waals surface area (Å²) in [5, 5.41) is 0. The smallest absolute Gasteiger partial charge is 0.0444 e. The molecule has 0 unspecified atom stereocenters. The number of rotatable bonds is 0. The van der Waals surface area contributed by atoms with Crippen molar-refractivity contribution in [3.05, 3.63) is 0 Å². The summed E-state index contributed by atoms with van der Waals surface area (Å²) >= 11 is 5.95. The Kier molecular flexibility index (Phi) is 1.07. The van der Waals surface area contributed by atoms with Crippen LogP contribution in [0.3, 0.4) is 0 Å². The lowest BCUT2D eigenvalue weighted by atomic mass is 9.75. The van der Waals surface area contributed by atoms with E-state index in [2.05, 4.69) is 13.8 Å². The summed E-state index contributed by atoms with van der Waals surface area (Å²) in [4.78, 5) is 0.153. The molecule has 0 saturated heterocycles. The van der Waals surface area contributed by atoms with Crippen LogP contribution in [-0.2, 0) is 0 Å². The Morgan fingerprint density at radius 2 is 2.14 bits per heavy atom. The van der Waals surface area contributed by atoms with Gasteiger partial charge in [0.15, 0.2) is 0 Å². The highest BCUT2D eigenvalue weighted by atomic mass is 35.5. The summed E-state index contributed by atoms with van der Waals surface area (Å²) in [6.45, 7) is 4.32. The lowest BCUT2D eigenvalue weighted by molar-refractivity contribution is 0.251. The highest BCUT2D eigenvalue weighted by Gasteiger charge is 2.36. The van der Waals surface area contributed by atoms with E-state index in [1.54, 1.807) is 0 Å². The Hall–Kier alpha value is 0.290. The fourth-order valence-corrected chi connectivity index (χ4v) is 1.05. The van der Waals surface area contributed by atoms with E-state index in [0.29, 0.717) is 0 Å². The summed E-state index contributed by atoms with van der Waals surface area (Å²) in [6, 6.07) is 0. The fourth-order valence-electron chi connectivity index (χ4n) is 0.831. The maximum absolute atomic E-state index is 5.95. The first-order valence-corrected chi connectivity index (χ1v) is 3.19. The predicted molar refractivity (Wildman–Crippen MR) is 32.7 cm³/mol. The zero-order valence-electron chi connectivity index (χ0n) is 4.87. The van der Waals surface area contributed by atoms with Crippen molar-refractivity contribution in [1.82, 2.24) is 0 Å². The molecule has 1 heteroatoms. The first kappa shape index (κ1) is 5.43. The van der Waals surface area contributed by atoms with E-state index in [0.717, 1.165) is 5.92 Å². The molecule has 7 heavy (non-hydrogen) atoms. The molecule has 0 aromatic carbocycles. The van der Waals surface area contributed by atoms with Crippen LogP contribution in [0, 0.1) is 5.92 Å². The van der Waals surface area contributed by atoms with Crippen LogP contribution in [0.2, 0.25) is 0 Å². The first-order chi connectivity index (χ1) is 3.13. The third kappa shape index (κ3) is 0.766. The van der Waals surface area contributed by atoms with Crippen molar-refractivity contribution in [2.75, 3.05) is 0 Å². The van der Waals surface area contributed by atoms with Crippen molar-refractivity contribution < 1.29 is 0 Å². The molecule has 2 atom stereocenters. The van der Waals surface area contributed by atoms with E-state index >= 15 is 0 Å². The summed E-state index contributed by atoms with van der Waals surface area (Å²) in [6.07, 6.45) is 2.52. The van der Waals surface area contributed by atoms with E-state index in [4.69, 9.17) is 11.6 Å². The molecule has 0 bridgehead atoms. The van der Waals surface area contributed by atoms with Gasteiger partial charge >= 0.3 is 0 Å². The molecule has 0 aliphatic heterocycles. The van der Waals surface area contributed by atoms with E-state index in [9.17, 15) is 0 Å². The minimum absolute atomic E-state index is 0.153. The summed E-state index contributed by atoms with van der Waals surface area (Å²) in [7, 11) is 0. The van der Waals surface area contributed by atoms with Crippen molar-refractivity contribution >= 4 is 11.6 Å². The van der Waals surface area contributed by atoms with Gasteiger partial charge in [-0.25, -0.2) is 0 Å². The Balaban J connectivity index is 2.43. The molecule has 1 aliphatic rings. The number of hydrogen-bond donors (Lipinski definition) is 0. The van der Waals surface area contributed by atoms with Crippen molar-refractivity contribution in [3.63, 3.8) is 0 Å². The lowest BCUT2D eigenvalue weighted by Crippen LogP contribution is -2.36. The fraction of sp³-hybridized carbons (Fsp3) is 1.00. The average molecular weight is 119 g/mol. The Morgan fingerprint density at radius 3 is 2.14 bits per heavy atom. The van der Waals surface area contributed by atoms with Gasteiger partial charge in [0, 0.05) is 4.87 Å². The molecule has 0 aromatic heterocycles. The highest BCUT2D eigenvalue weighted by Crippen LogP contribution is 2.42. The van der Waals surface area contributed by atoms with E-state index in [1.165, 1.54) is 12.8 Å². The second kappa shape index (κ2) is 1.38. The van der Waals surface area contributed by atoms with Crippen molar-refractivity contribution in [1.29, 1.82) is 0 Å². The molecule has 0 N–H and O–H groups in total. The zero-order valence-corrected chi connectivity index (χ0v) is 5.63. The maximum atomic E-state index is 5.95. The third-order valence-corrected chi connectivity index (χ3v) is 2.66. The van der Waals surface area contributed by atoms with Crippen LogP contribution in [-0.4, -0.2) is 4.87 Å². The SMILES string of the molecule is C[C@@H]1CC[C@@]1(C)Cl. The lowest BCUT2D eigenvalue weighted by Gasteiger charge is -2.39. The number of halogens is 1. The monoisotopic (exact) mass is 118 g/mol. The molecule has 0 amide bonds. The van der Waals surface area contributed by atoms with Gasteiger partial charge in [0.1, 0.15) is 0 Å². The summed E-state index contributed by atoms with van der Waals surface area (Å²) in [5.41, 5.74) is 0. The minimum Gasteiger partial charge on any atom is -0.119 e. The van der Waals surface area contributed by atoms with Crippen LogP contribution >= 0.6 is 11.6 Å². The Labute approximate surface area is 49.9 Å². The van der Waals surface area contributed by atoms with Crippen LogP contribution in [0.25, 0.3) is 0 Å². The normalized spacial score (nSPS) is 51.0. The topological polar surface area (TPSA) is 0 Å². The quantitative estimate of drug-likeness (QED) is 0.429. The standard InChI is InChI=1S/C6H11Cl/c1-5-3-4-6(5,2)7/h5H,3-4H2,1-2H3/t5-,6-/m1/s1. The van der Waals surface area contributed by atoms with Crippen molar-refractivity contribution in [2.24, 2.45) is 5.92 Å². The largest absolute Gasteiger partial charge is 0.119 e. The molecular weight excluding hydrogens is 108 g/mol. The second-order valence-electron chi connectivity index (χ2n) is 2.72. The van der Waals surface area contributed by atoms with Gasteiger partial charge in [0.25, 0.3) is 0 Å². The highest BCUT2D eigenvalue weighted by molar-refractivity contribution is 6.24. The van der Waals surface area contributed by atoms with Crippen LogP contribution < -0.4 is 0 Å². The van der Waals surface area contributed by atoms with Gasteiger partial charge in [-0.15, -0.1) is 11.6 Å². The molecule has 1 aliphatic carbocycles. The van der Waals surface area contributed by atoms with Crippen LogP contribution in [0.1, 0.15) is 26.7 Å². The van der Waals surface area contributed by atoms with Gasteiger partial charge in [-0.05, 0) is 25.7 Å². The van der Waals surface area contributed by atoms with Crippen molar-refractivity contribution in [2.45, 2.75) is 31.6 Å².